The summed E-state index contributed by atoms with van der Waals surface area (Å²) >= 11 is 0. The molecular weight excluding hydrogens is 304 g/mol. The second kappa shape index (κ2) is 7.17. The van der Waals surface area contributed by atoms with Gasteiger partial charge >= 0.3 is 6.09 Å². The zero-order valence-electron chi connectivity index (χ0n) is 14.6. The molecule has 2 N–H and O–H groups in total. The number of aromatic hydroxyl groups is 1. The van der Waals surface area contributed by atoms with Crippen LogP contribution < -0.4 is 10.1 Å². The Balaban J connectivity index is 2.35. The number of nitrogens with one attached hydrogen (secondary N) is 1. The van der Waals surface area contributed by atoms with Gasteiger partial charge < -0.3 is 15.2 Å². The first-order valence-electron chi connectivity index (χ1n) is 7.67. The molecule has 0 atom stereocenters. The average molecular weight is 326 g/mol. The van der Waals surface area contributed by atoms with Crippen LogP contribution in [-0.4, -0.2) is 24.5 Å². The number of carbonyl (C=O) groups excluding carboxylic acids is 1. The van der Waals surface area contributed by atoms with E-state index in [1.54, 1.807) is 18.3 Å². The summed E-state index contributed by atoms with van der Waals surface area (Å²) in [6.45, 7) is 7.64. The highest BCUT2D eigenvalue weighted by atomic mass is 16.5. The first kappa shape index (κ1) is 17.5. The fraction of sp³-hybridized carbons (Fsp3) is 0.263. The fourth-order valence-corrected chi connectivity index (χ4v) is 2.56. The molecule has 2 rings (SSSR count). The molecule has 0 bridgehead atoms. The van der Waals surface area contributed by atoms with Gasteiger partial charge in [0.25, 0.3) is 0 Å². The molecular formula is C19H22N2O3. The van der Waals surface area contributed by atoms with E-state index in [1.165, 1.54) is 7.05 Å². The van der Waals surface area contributed by atoms with E-state index in [0.29, 0.717) is 11.3 Å². The van der Waals surface area contributed by atoms with Gasteiger partial charge in [0.2, 0.25) is 0 Å². The highest BCUT2D eigenvalue weighted by Crippen LogP contribution is 2.30. The number of aryl methyl sites for hydroxylation is 4. The van der Waals surface area contributed by atoms with Crippen LogP contribution in [-0.2, 0) is 0 Å². The van der Waals surface area contributed by atoms with E-state index in [2.05, 4.69) is 10.3 Å². The van der Waals surface area contributed by atoms with Crippen LogP contribution in [0.2, 0.25) is 0 Å². The highest BCUT2D eigenvalue weighted by Gasteiger charge is 2.09. The van der Waals surface area contributed by atoms with E-state index in [-0.39, 0.29) is 5.75 Å². The van der Waals surface area contributed by atoms with E-state index in [9.17, 15) is 9.90 Å². The number of rotatable bonds is 3. The lowest BCUT2D eigenvalue weighted by atomic mass is 10.1. The summed E-state index contributed by atoms with van der Waals surface area (Å²) in [5, 5.41) is 12.6. The minimum Gasteiger partial charge on any atom is -0.507 e. The van der Waals surface area contributed by atoms with Gasteiger partial charge in [-0.25, -0.2) is 4.79 Å². The second-order valence-electron chi connectivity index (χ2n) is 5.82. The quantitative estimate of drug-likeness (QED) is 0.834. The Morgan fingerprint density at radius 3 is 2.29 bits per heavy atom. The van der Waals surface area contributed by atoms with Gasteiger partial charge in [-0.2, -0.15) is 0 Å². The number of hydrogen-bond acceptors (Lipinski definition) is 4. The molecule has 5 heteroatoms. The Kier molecular flexibility index (Phi) is 5.24. The summed E-state index contributed by atoms with van der Waals surface area (Å²) in [6, 6.07) is 7.33. The summed E-state index contributed by atoms with van der Waals surface area (Å²) < 4.78 is 5.15. The molecule has 1 amide bonds. The molecule has 0 saturated heterocycles. The van der Waals surface area contributed by atoms with E-state index in [4.69, 9.17) is 4.74 Å². The number of ether oxygens (including phenoxy) is 1. The summed E-state index contributed by atoms with van der Waals surface area (Å²) in [5.74, 6) is 0.705. The number of nitrogens with zero attached hydrogens (tertiary/aromatic N) is 1. The van der Waals surface area contributed by atoms with Crippen molar-refractivity contribution in [1.82, 2.24) is 5.32 Å². The maximum absolute atomic E-state index is 11.3. The van der Waals surface area contributed by atoms with Crippen molar-refractivity contribution in [3.63, 3.8) is 0 Å². The summed E-state index contributed by atoms with van der Waals surface area (Å²) in [7, 11) is 1.51. The van der Waals surface area contributed by atoms with E-state index >= 15 is 0 Å². The third kappa shape index (κ3) is 3.93. The van der Waals surface area contributed by atoms with Gasteiger partial charge in [-0.1, -0.05) is 6.07 Å². The molecule has 24 heavy (non-hydrogen) atoms. The summed E-state index contributed by atoms with van der Waals surface area (Å²) in [4.78, 5) is 15.8. The Bertz CT molecular complexity index is 787. The lowest BCUT2D eigenvalue weighted by Gasteiger charge is -2.10. The Morgan fingerprint density at radius 1 is 1.08 bits per heavy atom. The van der Waals surface area contributed by atoms with E-state index in [1.807, 2.05) is 39.8 Å². The molecule has 126 valence electrons. The van der Waals surface area contributed by atoms with E-state index < -0.39 is 6.09 Å². The molecule has 0 unspecified atom stereocenters. The molecule has 5 nitrogen and oxygen atoms in total. The Labute approximate surface area is 142 Å². The zero-order valence-corrected chi connectivity index (χ0v) is 14.6. The number of phenolic OH excluding ortho intramolecular Hbond substituents is 1. The molecule has 0 fully saturated rings. The van der Waals surface area contributed by atoms with Crippen molar-refractivity contribution in [3.8, 4) is 11.5 Å². The molecule has 2 aromatic rings. The monoisotopic (exact) mass is 326 g/mol. The average Bonchev–Trinajstić information content (AvgIpc) is 2.50. The van der Waals surface area contributed by atoms with Crippen molar-refractivity contribution < 1.29 is 14.6 Å². The van der Waals surface area contributed by atoms with Crippen LogP contribution in [0.3, 0.4) is 0 Å². The van der Waals surface area contributed by atoms with Crippen molar-refractivity contribution in [2.75, 3.05) is 7.05 Å². The van der Waals surface area contributed by atoms with Crippen LogP contribution in [0, 0.1) is 27.7 Å². The Morgan fingerprint density at radius 2 is 1.71 bits per heavy atom. The molecule has 0 radical (unpaired) electrons. The van der Waals surface area contributed by atoms with Gasteiger partial charge in [0.1, 0.15) is 11.5 Å². The zero-order chi connectivity index (χ0) is 17.9. The van der Waals surface area contributed by atoms with Crippen molar-refractivity contribution in [3.05, 3.63) is 52.1 Å². The largest absolute Gasteiger partial charge is 0.507 e. The number of aliphatic imine (C=N–C) groups is 1. The molecule has 0 aromatic heterocycles. The van der Waals surface area contributed by atoms with Crippen molar-refractivity contribution in [2.45, 2.75) is 27.7 Å². The second-order valence-corrected chi connectivity index (χ2v) is 5.82. The predicted molar refractivity (Wildman–Crippen MR) is 95.8 cm³/mol. The highest BCUT2D eigenvalue weighted by molar-refractivity contribution is 5.87. The molecule has 0 heterocycles. The minimum absolute atomic E-state index is 0.235. The lowest BCUT2D eigenvalue weighted by molar-refractivity contribution is 0.203. The van der Waals surface area contributed by atoms with Crippen molar-refractivity contribution in [1.29, 1.82) is 0 Å². The standard InChI is InChI=1S/C19H22N2O3/c1-11-6-14(4)18(22)15(7-11)10-21-17-12(2)8-16(9-13(17)3)24-19(23)20-5/h6-10,22H,1-5H3,(H,20,23)/b21-10+. The number of phenols is 1. The number of hydrogen-bond donors (Lipinski definition) is 2. The van der Waals surface area contributed by atoms with Gasteiger partial charge in [0.15, 0.2) is 0 Å². The number of amides is 1. The van der Waals surface area contributed by atoms with Crippen molar-refractivity contribution >= 4 is 18.0 Å². The van der Waals surface area contributed by atoms with Crippen LogP contribution >= 0.6 is 0 Å². The van der Waals surface area contributed by atoms with Gasteiger partial charge in [0.05, 0.1) is 5.69 Å². The predicted octanol–water partition coefficient (Wildman–Crippen LogP) is 4.09. The van der Waals surface area contributed by atoms with Gasteiger partial charge in [-0.15, -0.1) is 0 Å². The maximum Gasteiger partial charge on any atom is 0.412 e. The molecule has 0 aliphatic heterocycles. The maximum atomic E-state index is 11.3. The first-order valence-corrected chi connectivity index (χ1v) is 7.67. The van der Waals surface area contributed by atoms with Gasteiger partial charge in [0, 0.05) is 18.8 Å². The van der Waals surface area contributed by atoms with E-state index in [0.717, 1.165) is 27.9 Å². The van der Waals surface area contributed by atoms with Crippen molar-refractivity contribution in [2.24, 2.45) is 4.99 Å². The molecule has 2 aromatic carbocycles. The minimum atomic E-state index is -0.509. The fourth-order valence-electron chi connectivity index (χ4n) is 2.56. The smallest absolute Gasteiger partial charge is 0.412 e. The summed E-state index contributed by atoms with van der Waals surface area (Å²) in [5.41, 5.74) is 5.12. The molecule has 0 aliphatic carbocycles. The molecule has 0 spiro atoms. The first-order chi connectivity index (χ1) is 11.3. The van der Waals surface area contributed by atoms with Crippen LogP contribution in [0.4, 0.5) is 10.5 Å². The van der Waals surface area contributed by atoms with Crippen LogP contribution in [0.25, 0.3) is 0 Å². The lowest BCUT2D eigenvalue weighted by Crippen LogP contribution is -2.22. The Hall–Kier alpha value is -2.82. The third-order valence-corrected chi connectivity index (χ3v) is 3.69. The van der Waals surface area contributed by atoms with Crippen LogP contribution in [0.15, 0.2) is 29.3 Å². The topological polar surface area (TPSA) is 70.9 Å². The summed E-state index contributed by atoms with van der Waals surface area (Å²) in [6.07, 6.45) is 1.15. The normalized spacial score (nSPS) is 10.9. The number of carbonyl (C=O) groups is 1. The SMILES string of the molecule is CNC(=O)Oc1cc(C)c(/N=C/c2cc(C)cc(C)c2O)c(C)c1. The third-order valence-electron chi connectivity index (χ3n) is 3.69. The van der Waals surface area contributed by atoms with Crippen LogP contribution in [0.1, 0.15) is 27.8 Å². The molecule has 0 saturated carbocycles. The van der Waals surface area contributed by atoms with Gasteiger partial charge in [-0.3, -0.25) is 4.99 Å². The molecule has 0 aliphatic rings. The van der Waals surface area contributed by atoms with Crippen LogP contribution in [0.5, 0.6) is 11.5 Å². The van der Waals surface area contributed by atoms with Gasteiger partial charge in [-0.05, 0) is 68.1 Å². The number of benzene rings is 2.